The molecule has 5 nitrogen and oxygen atoms in total. The molecule has 150 valence electrons. The SMILES string of the molecule is Cc1ccc(NC2CCCC2C2COCCN2)cc1OCC1CCOCC1. The van der Waals surface area contributed by atoms with E-state index in [4.69, 9.17) is 14.2 Å². The van der Waals surface area contributed by atoms with Crippen LogP contribution in [0.4, 0.5) is 5.69 Å². The molecule has 0 spiro atoms. The summed E-state index contributed by atoms with van der Waals surface area (Å²) >= 11 is 0. The van der Waals surface area contributed by atoms with Crippen molar-refractivity contribution in [1.29, 1.82) is 0 Å². The molecular weight excluding hydrogens is 340 g/mol. The number of hydrogen-bond acceptors (Lipinski definition) is 5. The average molecular weight is 375 g/mol. The van der Waals surface area contributed by atoms with Crippen LogP contribution in [-0.4, -0.2) is 51.7 Å². The van der Waals surface area contributed by atoms with Crippen LogP contribution in [0.15, 0.2) is 18.2 Å². The molecular formula is C22H34N2O3. The minimum Gasteiger partial charge on any atom is -0.493 e. The maximum absolute atomic E-state index is 6.20. The third kappa shape index (κ3) is 4.95. The zero-order chi connectivity index (χ0) is 18.5. The number of rotatable bonds is 6. The van der Waals surface area contributed by atoms with Gasteiger partial charge in [0, 0.05) is 43.6 Å². The Hall–Kier alpha value is -1.30. The lowest BCUT2D eigenvalue weighted by atomic mass is 9.93. The van der Waals surface area contributed by atoms with Crippen LogP contribution in [0.25, 0.3) is 0 Å². The van der Waals surface area contributed by atoms with E-state index in [1.54, 1.807) is 0 Å². The molecule has 1 aliphatic carbocycles. The van der Waals surface area contributed by atoms with Gasteiger partial charge in [0.05, 0.1) is 19.8 Å². The first kappa shape index (κ1) is 19.0. The van der Waals surface area contributed by atoms with Crippen molar-refractivity contribution >= 4 is 5.69 Å². The lowest BCUT2D eigenvalue weighted by Gasteiger charge is -2.33. The minimum absolute atomic E-state index is 0.480. The van der Waals surface area contributed by atoms with Crippen LogP contribution in [0.2, 0.25) is 0 Å². The summed E-state index contributed by atoms with van der Waals surface area (Å²) in [7, 11) is 0. The smallest absolute Gasteiger partial charge is 0.124 e. The van der Waals surface area contributed by atoms with E-state index in [2.05, 4.69) is 35.8 Å². The number of ether oxygens (including phenoxy) is 3. The van der Waals surface area contributed by atoms with Gasteiger partial charge in [0.25, 0.3) is 0 Å². The average Bonchev–Trinajstić information content (AvgIpc) is 3.18. The summed E-state index contributed by atoms with van der Waals surface area (Å²) in [6, 6.07) is 7.54. The second-order valence-electron chi connectivity index (χ2n) is 8.33. The van der Waals surface area contributed by atoms with Crippen LogP contribution in [0.3, 0.4) is 0 Å². The van der Waals surface area contributed by atoms with Gasteiger partial charge in [-0.05, 0) is 56.1 Å². The lowest BCUT2D eigenvalue weighted by molar-refractivity contribution is 0.0496. The maximum atomic E-state index is 6.20. The van der Waals surface area contributed by atoms with Crippen LogP contribution < -0.4 is 15.4 Å². The zero-order valence-electron chi connectivity index (χ0n) is 16.5. The maximum Gasteiger partial charge on any atom is 0.124 e. The molecule has 2 aliphatic heterocycles. The zero-order valence-corrected chi connectivity index (χ0v) is 16.5. The van der Waals surface area contributed by atoms with E-state index in [9.17, 15) is 0 Å². The number of hydrogen-bond donors (Lipinski definition) is 2. The summed E-state index contributed by atoms with van der Waals surface area (Å²) < 4.78 is 17.3. The number of morpholine rings is 1. The van der Waals surface area contributed by atoms with E-state index in [0.29, 0.717) is 23.9 Å². The van der Waals surface area contributed by atoms with Crippen molar-refractivity contribution in [3.63, 3.8) is 0 Å². The van der Waals surface area contributed by atoms with E-state index in [1.165, 1.54) is 30.5 Å². The van der Waals surface area contributed by atoms with Crippen molar-refractivity contribution in [3.8, 4) is 5.75 Å². The van der Waals surface area contributed by atoms with E-state index >= 15 is 0 Å². The third-order valence-electron chi connectivity index (χ3n) is 6.39. The first-order chi connectivity index (χ1) is 13.3. The van der Waals surface area contributed by atoms with E-state index in [0.717, 1.165) is 58.2 Å². The topological polar surface area (TPSA) is 51.8 Å². The molecule has 1 saturated carbocycles. The van der Waals surface area contributed by atoms with E-state index in [-0.39, 0.29) is 0 Å². The molecule has 0 aromatic heterocycles. The quantitative estimate of drug-likeness (QED) is 0.800. The van der Waals surface area contributed by atoms with Gasteiger partial charge in [0.1, 0.15) is 5.75 Å². The second kappa shape index (κ2) is 9.26. The molecule has 0 amide bonds. The molecule has 27 heavy (non-hydrogen) atoms. The van der Waals surface area contributed by atoms with Gasteiger partial charge in [0.15, 0.2) is 0 Å². The molecule has 3 unspecified atom stereocenters. The standard InChI is InChI=1S/C22H34N2O3/c1-16-5-6-18(13-22(16)27-14-17-7-10-25-11-8-17)24-20-4-2-3-19(20)21-15-26-12-9-23-21/h5-6,13,17,19-21,23-24H,2-4,7-12,14-15H2,1H3. The fourth-order valence-corrected chi connectivity index (χ4v) is 4.69. The van der Waals surface area contributed by atoms with Gasteiger partial charge >= 0.3 is 0 Å². The number of benzene rings is 1. The minimum atomic E-state index is 0.480. The Balaban J connectivity index is 1.36. The first-order valence-electron chi connectivity index (χ1n) is 10.7. The normalized spacial score (nSPS) is 29.6. The largest absolute Gasteiger partial charge is 0.493 e. The highest BCUT2D eigenvalue weighted by Crippen LogP contribution is 2.33. The number of aryl methyl sites for hydroxylation is 1. The molecule has 2 N–H and O–H groups in total. The Labute approximate surface area is 163 Å². The van der Waals surface area contributed by atoms with Gasteiger partial charge in [-0.25, -0.2) is 0 Å². The fourth-order valence-electron chi connectivity index (χ4n) is 4.69. The van der Waals surface area contributed by atoms with Crippen molar-refractivity contribution in [2.24, 2.45) is 11.8 Å². The summed E-state index contributed by atoms with van der Waals surface area (Å²) in [5.74, 6) is 2.27. The molecule has 1 aromatic rings. The monoisotopic (exact) mass is 374 g/mol. The third-order valence-corrected chi connectivity index (χ3v) is 6.39. The second-order valence-corrected chi connectivity index (χ2v) is 8.33. The molecule has 2 heterocycles. The lowest BCUT2D eigenvalue weighted by Crippen LogP contribution is -2.49. The van der Waals surface area contributed by atoms with Crippen molar-refractivity contribution in [2.45, 2.75) is 51.1 Å². The predicted octanol–water partition coefficient (Wildman–Crippen LogP) is 3.37. The highest BCUT2D eigenvalue weighted by Gasteiger charge is 2.34. The van der Waals surface area contributed by atoms with E-state index in [1.807, 2.05) is 0 Å². The molecule has 3 atom stereocenters. The molecule has 2 saturated heterocycles. The van der Waals surface area contributed by atoms with Gasteiger partial charge < -0.3 is 24.8 Å². The van der Waals surface area contributed by atoms with Gasteiger partial charge in [-0.3, -0.25) is 0 Å². The van der Waals surface area contributed by atoms with Crippen molar-refractivity contribution in [1.82, 2.24) is 5.32 Å². The van der Waals surface area contributed by atoms with Crippen molar-refractivity contribution in [2.75, 3.05) is 44.9 Å². The number of nitrogens with one attached hydrogen (secondary N) is 2. The molecule has 0 bridgehead atoms. The Morgan fingerprint density at radius 2 is 2.00 bits per heavy atom. The Bertz CT molecular complexity index is 597. The van der Waals surface area contributed by atoms with Crippen molar-refractivity contribution < 1.29 is 14.2 Å². The Kier molecular flexibility index (Phi) is 6.53. The van der Waals surface area contributed by atoms with Crippen LogP contribution in [0.1, 0.15) is 37.7 Å². The summed E-state index contributed by atoms with van der Waals surface area (Å²) in [5.41, 5.74) is 2.38. The van der Waals surface area contributed by atoms with Gasteiger partial charge in [0.2, 0.25) is 0 Å². The van der Waals surface area contributed by atoms with Crippen LogP contribution >= 0.6 is 0 Å². The first-order valence-corrected chi connectivity index (χ1v) is 10.7. The molecule has 4 rings (SSSR count). The van der Waals surface area contributed by atoms with Gasteiger partial charge in [-0.1, -0.05) is 12.5 Å². The molecule has 3 aliphatic rings. The highest BCUT2D eigenvalue weighted by molar-refractivity contribution is 5.52. The Morgan fingerprint density at radius 3 is 2.81 bits per heavy atom. The Morgan fingerprint density at radius 1 is 1.11 bits per heavy atom. The van der Waals surface area contributed by atoms with Crippen molar-refractivity contribution in [3.05, 3.63) is 23.8 Å². The summed E-state index contributed by atoms with van der Waals surface area (Å²) in [4.78, 5) is 0. The fraction of sp³-hybridized carbons (Fsp3) is 0.727. The highest BCUT2D eigenvalue weighted by atomic mass is 16.5. The summed E-state index contributed by atoms with van der Waals surface area (Å²) in [6.07, 6.45) is 6.01. The molecule has 3 fully saturated rings. The number of anilines is 1. The van der Waals surface area contributed by atoms with E-state index < -0.39 is 0 Å². The van der Waals surface area contributed by atoms with Crippen LogP contribution in [0, 0.1) is 18.8 Å². The van der Waals surface area contributed by atoms with Crippen LogP contribution in [-0.2, 0) is 9.47 Å². The summed E-state index contributed by atoms with van der Waals surface area (Å²) in [6.45, 7) is 7.33. The predicted molar refractivity (Wildman–Crippen MR) is 108 cm³/mol. The van der Waals surface area contributed by atoms with Crippen LogP contribution in [0.5, 0.6) is 5.75 Å². The molecule has 5 heteroatoms. The van der Waals surface area contributed by atoms with Gasteiger partial charge in [-0.2, -0.15) is 0 Å². The summed E-state index contributed by atoms with van der Waals surface area (Å²) in [5, 5.41) is 7.45. The molecule has 1 aromatic carbocycles. The van der Waals surface area contributed by atoms with Gasteiger partial charge in [-0.15, -0.1) is 0 Å². The molecule has 0 radical (unpaired) electrons.